The number of aliphatic hydroxyl groups is 1. The molecule has 1 aliphatic carbocycles. The van der Waals surface area contributed by atoms with Crippen LogP contribution in [0, 0.1) is 0 Å². The Kier molecular flexibility index (Phi) is 4.97. The summed E-state index contributed by atoms with van der Waals surface area (Å²) >= 11 is 0. The Morgan fingerprint density at radius 3 is 2.67 bits per heavy atom. The van der Waals surface area contributed by atoms with E-state index in [4.69, 9.17) is 0 Å². The van der Waals surface area contributed by atoms with E-state index in [-0.39, 0.29) is 4.90 Å². The molecule has 1 aliphatic rings. The zero-order chi connectivity index (χ0) is 15.5. The van der Waals surface area contributed by atoms with E-state index in [1.165, 1.54) is 5.56 Å². The molecule has 1 atom stereocenters. The van der Waals surface area contributed by atoms with Crippen molar-refractivity contribution in [2.75, 3.05) is 13.7 Å². The van der Waals surface area contributed by atoms with Gasteiger partial charge in [0.15, 0.2) is 6.10 Å². The Labute approximate surface area is 124 Å². The van der Waals surface area contributed by atoms with E-state index in [0.29, 0.717) is 0 Å². The van der Waals surface area contributed by atoms with E-state index < -0.39 is 28.6 Å². The molecule has 0 fully saturated rings. The predicted molar refractivity (Wildman–Crippen MR) is 76.3 cm³/mol. The van der Waals surface area contributed by atoms with Crippen molar-refractivity contribution in [2.24, 2.45) is 0 Å². The molecular formula is C14H19NO5S. The highest BCUT2D eigenvalue weighted by Gasteiger charge is 2.21. The Morgan fingerprint density at radius 2 is 2.00 bits per heavy atom. The van der Waals surface area contributed by atoms with Gasteiger partial charge in [0.05, 0.1) is 12.0 Å². The molecule has 0 saturated heterocycles. The lowest BCUT2D eigenvalue weighted by molar-refractivity contribution is -0.149. The highest BCUT2D eigenvalue weighted by Crippen LogP contribution is 2.23. The lowest BCUT2D eigenvalue weighted by Gasteiger charge is -2.17. The number of nitrogens with one attached hydrogen (secondary N) is 1. The third-order valence-corrected chi connectivity index (χ3v) is 4.99. The Balaban J connectivity index is 2.11. The number of hydrogen-bond donors (Lipinski definition) is 2. The van der Waals surface area contributed by atoms with Gasteiger partial charge in [0.25, 0.3) is 0 Å². The van der Waals surface area contributed by atoms with E-state index in [0.717, 1.165) is 38.4 Å². The van der Waals surface area contributed by atoms with Gasteiger partial charge < -0.3 is 9.84 Å². The van der Waals surface area contributed by atoms with Crippen LogP contribution in [0.4, 0.5) is 0 Å². The normalized spacial score (nSPS) is 16.1. The fraction of sp³-hybridized carbons (Fsp3) is 0.500. The van der Waals surface area contributed by atoms with Crippen molar-refractivity contribution in [1.82, 2.24) is 4.72 Å². The molecule has 0 saturated carbocycles. The van der Waals surface area contributed by atoms with Crippen LogP contribution in [0.5, 0.6) is 0 Å². The summed E-state index contributed by atoms with van der Waals surface area (Å²) in [4.78, 5) is 11.2. The fourth-order valence-corrected chi connectivity index (χ4v) is 3.46. The molecule has 1 unspecified atom stereocenters. The van der Waals surface area contributed by atoms with E-state index >= 15 is 0 Å². The zero-order valence-electron chi connectivity index (χ0n) is 11.8. The average Bonchev–Trinajstić information content (AvgIpc) is 2.51. The van der Waals surface area contributed by atoms with Crippen LogP contribution in [-0.4, -0.2) is 39.3 Å². The smallest absolute Gasteiger partial charge is 0.336 e. The number of fused-ring (bicyclic) bond motifs is 1. The zero-order valence-corrected chi connectivity index (χ0v) is 12.6. The van der Waals surface area contributed by atoms with Crippen LogP contribution in [0.15, 0.2) is 23.1 Å². The number of carbonyl (C=O) groups is 1. The summed E-state index contributed by atoms with van der Waals surface area (Å²) < 4.78 is 30.9. The summed E-state index contributed by atoms with van der Waals surface area (Å²) in [5, 5.41) is 9.42. The molecule has 21 heavy (non-hydrogen) atoms. The molecule has 7 heteroatoms. The molecule has 116 valence electrons. The summed E-state index contributed by atoms with van der Waals surface area (Å²) in [5.74, 6) is -0.872. The average molecular weight is 313 g/mol. The topological polar surface area (TPSA) is 92.7 Å². The number of aryl methyl sites for hydroxylation is 2. The quantitative estimate of drug-likeness (QED) is 0.767. The minimum absolute atomic E-state index is 0.153. The van der Waals surface area contributed by atoms with Gasteiger partial charge >= 0.3 is 5.97 Å². The van der Waals surface area contributed by atoms with Gasteiger partial charge in [-0.15, -0.1) is 0 Å². The highest BCUT2D eigenvalue weighted by molar-refractivity contribution is 7.89. The fourth-order valence-electron chi connectivity index (χ4n) is 2.37. The van der Waals surface area contributed by atoms with Crippen molar-refractivity contribution in [1.29, 1.82) is 0 Å². The summed E-state index contributed by atoms with van der Waals surface area (Å²) in [6.45, 7) is -0.411. The molecule has 2 rings (SSSR count). The van der Waals surface area contributed by atoms with Gasteiger partial charge in [-0.2, -0.15) is 0 Å². The van der Waals surface area contributed by atoms with Gasteiger partial charge in [0.1, 0.15) is 0 Å². The minimum atomic E-state index is -3.75. The first-order chi connectivity index (χ1) is 9.94. The first kappa shape index (κ1) is 15.9. The molecule has 0 aliphatic heterocycles. The first-order valence-electron chi connectivity index (χ1n) is 6.81. The van der Waals surface area contributed by atoms with E-state index in [2.05, 4.69) is 9.46 Å². The number of methoxy groups -OCH3 is 1. The third-order valence-electron chi connectivity index (χ3n) is 3.57. The van der Waals surface area contributed by atoms with Crippen molar-refractivity contribution in [3.8, 4) is 0 Å². The SMILES string of the molecule is COC(=O)C(O)CNS(=O)(=O)c1ccc2c(c1)CCCC2. The van der Waals surface area contributed by atoms with Crippen LogP contribution in [0.25, 0.3) is 0 Å². The minimum Gasteiger partial charge on any atom is -0.467 e. The summed E-state index contributed by atoms with van der Waals surface area (Å²) in [5.41, 5.74) is 2.24. The van der Waals surface area contributed by atoms with Gasteiger partial charge in [-0.1, -0.05) is 6.07 Å². The second kappa shape index (κ2) is 6.55. The number of benzene rings is 1. The van der Waals surface area contributed by atoms with Gasteiger partial charge in [-0.3, -0.25) is 0 Å². The maximum atomic E-state index is 12.2. The van der Waals surface area contributed by atoms with E-state index in [1.54, 1.807) is 12.1 Å². The second-order valence-electron chi connectivity index (χ2n) is 5.03. The maximum absolute atomic E-state index is 12.2. The molecular weight excluding hydrogens is 294 g/mol. The number of aliphatic hydroxyl groups excluding tert-OH is 1. The molecule has 0 heterocycles. The molecule has 1 aromatic carbocycles. The Bertz CT molecular complexity index is 626. The molecule has 1 aromatic rings. The van der Waals surface area contributed by atoms with Crippen LogP contribution < -0.4 is 4.72 Å². The largest absolute Gasteiger partial charge is 0.467 e. The van der Waals surface area contributed by atoms with Crippen molar-refractivity contribution < 1.29 is 23.1 Å². The number of ether oxygens (including phenoxy) is 1. The van der Waals surface area contributed by atoms with Crippen LogP contribution in [0.3, 0.4) is 0 Å². The standard InChI is InChI=1S/C14H19NO5S/c1-20-14(17)13(16)9-15-21(18,19)12-7-6-10-4-2-3-5-11(10)8-12/h6-8,13,15-16H,2-5,9H2,1H3. The molecule has 0 bridgehead atoms. The lowest BCUT2D eigenvalue weighted by Crippen LogP contribution is -2.37. The van der Waals surface area contributed by atoms with E-state index in [9.17, 15) is 18.3 Å². The first-order valence-corrected chi connectivity index (χ1v) is 8.30. The number of hydrogen-bond acceptors (Lipinski definition) is 5. The van der Waals surface area contributed by atoms with Gasteiger partial charge in [0, 0.05) is 6.54 Å². The number of esters is 1. The maximum Gasteiger partial charge on any atom is 0.336 e. The molecule has 0 amide bonds. The molecule has 0 aromatic heterocycles. The lowest BCUT2D eigenvalue weighted by atomic mass is 9.92. The van der Waals surface area contributed by atoms with Gasteiger partial charge in [0.2, 0.25) is 10.0 Å². The molecule has 0 spiro atoms. The monoisotopic (exact) mass is 313 g/mol. The Morgan fingerprint density at radius 1 is 1.33 bits per heavy atom. The number of carbonyl (C=O) groups excluding carboxylic acids is 1. The predicted octanol–water partition coefficient (Wildman–Crippen LogP) is 0.378. The van der Waals surface area contributed by atoms with Crippen LogP contribution >= 0.6 is 0 Å². The van der Waals surface area contributed by atoms with Gasteiger partial charge in [-0.25, -0.2) is 17.9 Å². The summed E-state index contributed by atoms with van der Waals surface area (Å²) in [6.07, 6.45) is 2.53. The van der Waals surface area contributed by atoms with Crippen molar-refractivity contribution in [2.45, 2.75) is 36.7 Å². The van der Waals surface area contributed by atoms with Gasteiger partial charge in [-0.05, 0) is 48.9 Å². The summed E-state index contributed by atoms with van der Waals surface area (Å²) in [6, 6.07) is 5.05. The van der Waals surface area contributed by atoms with Crippen LogP contribution in [-0.2, 0) is 32.4 Å². The molecule has 6 nitrogen and oxygen atoms in total. The Hall–Kier alpha value is -1.44. The molecule has 2 N–H and O–H groups in total. The van der Waals surface area contributed by atoms with Crippen LogP contribution in [0.2, 0.25) is 0 Å². The number of rotatable bonds is 5. The molecule has 0 radical (unpaired) electrons. The van der Waals surface area contributed by atoms with Crippen molar-refractivity contribution >= 4 is 16.0 Å². The van der Waals surface area contributed by atoms with Crippen molar-refractivity contribution in [3.05, 3.63) is 29.3 Å². The van der Waals surface area contributed by atoms with Crippen LogP contribution in [0.1, 0.15) is 24.0 Å². The van der Waals surface area contributed by atoms with Crippen molar-refractivity contribution in [3.63, 3.8) is 0 Å². The summed E-state index contributed by atoms with van der Waals surface area (Å²) in [7, 11) is -2.62. The highest BCUT2D eigenvalue weighted by atomic mass is 32.2. The number of sulfonamides is 1. The van der Waals surface area contributed by atoms with E-state index in [1.807, 2.05) is 6.07 Å². The second-order valence-corrected chi connectivity index (χ2v) is 6.80. The third kappa shape index (κ3) is 3.81.